The van der Waals surface area contributed by atoms with Crippen molar-refractivity contribution in [2.45, 2.75) is 26.2 Å². The van der Waals surface area contributed by atoms with E-state index in [1.807, 2.05) is 13.0 Å². The Morgan fingerprint density at radius 2 is 1.91 bits per heavy atom. The summed E-state index contributed by atoms with van der Waals surface area (Å²) in [7, 11) is 0. The molecule has 4 nitrogen and oxygen atoms in total. The summed E-state index contributed by atoms with van der Waals surface area (Å²) in [6, 6.07) is 9.78. The molecule has 0 unspecified atom stereocenters. The number of rotatable bonds is 3. The van der Waals surface area contributed by atoms with Crippen LogP contribution < -0.4 is 11.5 Å². The van der Waals surface area contributed by atoms with Gasteiger partial charge in [0.15, 0.2) is 0 Å². The summed E-state index contributed by atoms with van der Waals surface area (Å²) in [4.78, 5) is 11.8. The molecule has 2 rings (SSSR count). The SMILES string of the molecule is Cc1ccc(-c2c(C(N)=O)cc(F)cc2C(C)(C)C#N)cc1N. The second-order valence-corrected chi connectivity index (χ2v) is 6.05. The van der Waals surface area contributed by atoms with Crippen molar-refractivity contribution in [1.82, 2.24) is 0 Å². The van der Waals surface area contributed by atoms with Crippen molar-refractivity contribution in [2.75, 3.05) is 5.73 Å². The standard InChI is InChI=1S/C18H18FN3O/c1-10-4-5-11(6-15(10)21)16-13(17(22)23)7-12(19)8-14(16)18(2,3)9-20/h4-8H,21H2,1-3H3,(H2,22,23). The van der Waals surface area contributed by atoms with E-state index in [9.17, 15) is 14.4 Å². The van der Waals surface area contributed by atoms with Gasteiger partial charge in [-0.15, -0.1) is 0 Å². The van der Waals surface area contributed by atoms with Gasteiger partial charge in [0.1, 0.15) is 5.82 Å². The molecule has 0 fully saturated rings. The van der Waals surface area contributed by atoms with Crippen molar-refractivity contribution in [1.29, 1.82) is 5.26 Å². The third-order valence-corrected chi connectivity index (χ3v) is 3.89. The number of hydrogen-bond acceptors (Lipinski definition) is 3. The number of aryl methyl sites for hydroxylation is 1. The molecule has 2 aromatic carbocycles. The first kappa shape index (κ1) is 16.5. The minimum Gasteiger partial charge on any atom is -0.398 e. The monoisotopic (exact) mass is 311 g/mol. The Bertz CT molecular complexity index is 835. The minimum atomic E-state index is -0.999. The van der Waals surface area contributed by atoms with Crippen LogP contribution in [0.1, 0.15) is 35.3 Å². The van der Waals surface area contributed by atoms with Gasteiger partial charge in [-0.1, -0.05) is 12.1 Å². The summed E-state index contributed by atoms with van der Waals surface area (Å²) >= 11 is 0. The lowest BCUT2D eigenvalue weighted by molar-refractivity contribution is 0.100. The molecule has 0 saturated heterocycles. The van der Waals surface area contributed by atoms with Crippen LogP contribution in [0.15, 0.2) is 30.3 Å². The van der Waals surface area contributed by atoms with Crippen LogP contribution >= 0.6 is 0 Å². The predicted octanol–water partition coefficient (Wildman–Crippen LogP) is 3.28. The molecule has 0 heterocycles. The van der Waals surface area contributed by atoms with Gasteiger partial charge < -0.3 is 11.5 Å². The molecule has 4 N–H and O–H groups in total. The van der Waals surface area contributed by atoms with Gasteiger partial charge in [0, 0.05) is 5.69 Å². The zero-order chi connectivity index (χ0) is 17.4. The van der Waals surface area contributed by atoms with Crippen molar-refractivity contribution in [3.05, 3.63) is 52.8 Å². The van der Waals surface area contributed by atoms with Gasteiger partial charge in [0.2, 0.25) is 5.91 Å². The average molecular weight is 311 g/mol. The first-order valence-electron chi connectivity index (χ1n) is 7.09. The molecule has 0 aliphatic carbocycles. The fourth-order valence-electron chi connectivity index (χ4n) is 2.46. The zero-order valence-corrected chi connectivity index (χ0v) is 13.3. The second kappa shape index (κ2) is 5.73. The lowest BCUT2D eigenvalue weighted by Gasteiger charge is -2.23. The van der Waals surface area contributed by atoms with Crippen LogP contribution in [0.5, 0.6) is 0 Å². The van der Waals surface area contributed by atoms with Gasteiger partial charge >= 0.3 is 0 Å². The highest BCUT2D eigenvalue weighted by Gasteiger charge is 2.28. The number of nitriles is 1. The predicted molar refractivity (Wildman–Crippen MR) is 88.1 cm³/mol. The van der Waals surface area contributed by atoms with E-state index < -0.39 is 17.1 Å². The summed E-state index contributed by atoms with van der Waals surface area (Å²) in [6.07, 6.45) is 0. The molecule has 0 radical (unpaired) electrons. The van der Waals surface area contributed by atoms with E-state index in [2.05, 4.69) is 6.07 Å². The first-order chi connectivity index (χ1) is 10.7. The largest absolute Gasteiger partial charge is 0.398 e. The molecular weight excluding hydrogens is 293 g/mol. The molecule has 1 amide bonds. The van der Waals surface area contributed by atoms with Gasteiger partial charge in [-0.2, -0.15) is 5.26 Å². The highest BCUT2D eigenvalue weighted by atomic mass is 19.1. The molecule has 118 valence electrons. The van der Waals surface area contributed by atoms with E-state index in [0.29, 0.717) is 22.4 Å². The Labute approximate surface area is 134 Å². The third-order valence-electron chi connectivity index (χ3n) is 3.89. The van der Waals surface area contributed by atoms with Crippen LogP contribution in [0.3, 0.4) is 0 Å². The molecule has 2 aromatic rings. The fraction of sp³-hybridized carbons (Fsp3) is 0.222. The lowest BCUT2D eigenvalue weighted by atomic mass is 9.79. The van der Waals surface area contributed by atoms with E-state index in [-0.39, 0.29) is 5.56 Å². The Morgan fingerprint density at radius 3 is 2.43 bits per heavy atom. The molecule has 0 spiro atoms. The maximum absolute atomic E-state index is 14.0. The molecule has 5 heteroatoms. The van der Waals surface area contributed by atoms with E-state index in [1.54, 1.807) is 26.0 Å². The van der Waals surface area contributed by atoms with Gasteiger partial charge in [0.05, 0.1) is 17.0 Å². The second-order valence-electron chi connectivity index (χ2n) is 6.05. The van der Waals surface area contributed by atoms with E-state index in [0.717, 1.165) is 11.6 Å². The Hall–Kier alpha value is -2.87. The molecule has 0 aliphatic rings. The molecule has 0 bridgehead atoms. The molecule has 0 saturated carbocycles. The van der Waals surface area contributed by atoms with E-state index >= 15 is 0 Å². The summed E-state index contributed by atoms with van der Waals surface area (Å²) in [5.41, 5.74) is 13.3. The molecular formula is C18H18FN3O. The van der Waals surface area contributed by atoms with Crippen LogP contribution in [0.2, 0.25) is 0 Å². The highest BCUT2D eigenvalue weighted by Crippen LogP contribution is 2.37. The van der Waals surface area contributed by atoms with E-state index in [4.69, 9.17) is 11.5 Å². The van der Waals surface area contributed by atoms with Gasteiger partial charge in [-0.3, -0.25) is 4.79 Å². The Morgan fingerprint density at radius 1 is 1.26 bits per heavy atom. The smallest absolute Gasteiger partial charge is 0.249 e. The van der Waals surface area contributed by atoms with Gasteiger partial charge in [0.25, 0.3) is 0 Å². The normalized spacial score (nSPS) is 11.1. The number of carbonyl (C=O) groups excluding carboxylic acids is 1. The number of hydrogen-bond donors (Lipinski definition) is 2. The molecule has 0 atom stereocenters. The zero-order valence-electron chi connectivity index (χ0n) is 13.3. The topological polar surface area (TPSA) is 92.9 Å². The summed E-state index contributed by atoms with van der Waals surface area (Å²) in [6.45, 7) is 5.18. The van der Waals surface area contributed by atoms with E-state index in [1.165, 1.54) is 6.07 Å². The minimum absolute atomic E-state index is 0.0339. The number of halogens is 1. The van der Waals surface area contributed by atoms with Crippen LogP contribution in [0, 0.1) is 24.1 Å². The Balaban J connectivity index is 2.91. The maximum atomic E-state index is 14.0. The number of nitrogen functional groups attached to an aromatic ring is 1. The number of amides is 1. The van der Waals surface area contributed by atoms with Crippen molar-refractivity contribution >= 4 is 11.6 Å². The number of anilines is 1. The number of primary amides is 1. The summed E-state index contributed by atoms with van der Waals surface area (Å²) in [5.74, 6) is -1.37. The summed E-state index contributed by atoms with van der Waals surface area (Å²) in [5, 5.41) is 9.42. The number of benzene rings is 2. The average Bonchev–Trinajstić information content (AvgIpc) is 2.49. The van der Waals surface area contributed by atoms with Crippen molar-refractivity contribution in [2.24, 2.45) is 5.73 Å². The van der Waals surface area contributed by atoms with Crippen molar-refractivity contribution in [3.63, 3.8) is 0 Å². The van der Waals surface area contributed by atoms with Crippen LogP contribution in [-0.2, 0) is 5.41 Å². The van der Waals surface area contributed by atoms with Crippen molar-refractivity contribution < 1.29 is 9.18 Å². The number of carbonyl (C=O) groups is 1. The van der Waals surface area contributed by atoms with Gasteiger partial charge in [-0.05, 0) is 61.2 Å². The summed E-state index contributed by atoms with van der Waals surface area (Å²) < 4.78 is 14.0. The van der Waals surface area contributed by atoms with Crippen LogP contribution in [0.25, 0.3) is 11.1 Å². The third kappa shape index (κ3) is 3.02. The first-order valence-corrected chi connectivity index (χ1v) is 7.09. The van der Waals surface area contributed by atoms with Crippen molar-refractivity contribution in [3.8, 4) is 17.2 Å². The quantitative estimate of drug-likeness (QED) is 0.852. The fourth-order valence-corrected chi connectivity index (χ4v) is 2.46. The molecule has 0 aromatic heterocycles. The number of nitrogens with two attached hydrogens (primary N) is 2. The molecule has 23 heavy (non-hydrogen) atoms. The van der Waals surface area contributed by atoms with Crippen LogP contribution in [-0.4, -0.2) is 5.91 Å². The van der Waals surface area contributed by atoms with Crippen LogP contribution in [0.4, 0.5) is 10.1 Å². The Kier molecular flexibility index (Phi) is 4.11. The molecule has 0 aliphatic heterocycles. The number of nitrogens with zero attached hydrogens (tertiary/aromatic N) is 1. The maximum Gasteiger partial charge on any atom is 0.249 e. The van der Waals surface area contributed by atoms with Gasteiger partial charge in [-0.25, -0.2) is 4.39 Å². The highest BCUT2D eigenvalue weighted by molar-refractivity contribution is 6.01. The lowest BCUT2D eigenvalue weighted by Crippen LogP contribution is -2.20.